The number of carbonyl (C=O) groups is 1. The number of aliphatic hydroxyl groups is 1. The van der Waals surface area contributed by atoms with E-state index < -0.39 is 11.7 Å². The lowest BCUT2D eigenvalue weighted by Crippen LogP contribution is -2.52. The molecular formula is C22H23NO4. The summed E-state index contributed by atoms with van der Waals surface area (Å²) in [5.74, 6) is -0.361. The molecule has 1 saturated heterocycles. The average molecular weight is 365 g/mol. The Morgan fingerprint density at radius 3 is 2.70 bits per heavy atom. The summed E-state index contributed by atoms with van der Waals surface area (Å²) >= 11 is 0. The van der Waals surface area contributed by atoms with E-state index >= 15 is 0 Å². The van der Waals surface area contributed by atoms with Gasteiger partial charge < -0.3 is 19.9 Å². The molecule has 2 aromatic rings. The van der Waals surface area contributed by atoms with Gasteiger partial charge in [0.05, 0.1) is 12.7 Å². The lowest BCUT2D eigenvalue weighted by atomic mass is 9.77. The van der Waals surface area contributed by atoms with Crippen molar-refractivity contribution in [1.29, 1.82) is 0 Å². The van der Waals surface area contributed by atoms with E-state index in [1.807, 2.05) is 55.5 Å². The van der Waals surface area contributed by atoms with Crippen molar-refractivity contribution in [3.05, 3.63) is 70.8 Å². The van der Waals surface area contributed by atoms with Crippen molar-refractivity contribution in [2.24, 2.45) is 0 Å². The van der Waals surface area contributed by atoms with Gasteiger partial charge in [-0.2, -0.15) is 0 Å². The summed E-state index contributed by atoms with van der Waals surface area (Å²) < 4.78 is 11.0. The molecule has 0 radical (unpaired) electrons. The molecular weight excluding hydrogens is 342 g/mol. The molecule has 5 heteroatoms. The van der Waals surface area contributed by atoms with Gasteiger partial charge in [0.15, 0.2) is 11.7 Å². The zero-order valence-electron chi connectivity index (χ0n) is 15.4. The van der Waals surface area contributed by atoms with Crippen LogP contribution in [0.3, 0.4) is 0 Å². The van der Waals surface area contributed by atoms with Crippen molar-refractivity contribution in [3.63, 3.8) is 0 Å². The van der Waals surface area contributed by atoms with Crippen molar-refractivity contribution in [3.8, 4) is 0 Å². The molecule has 2 heterocycles. The Kier molecular flexibility index (Phi) is 4.60. The molecule has 0 saturated carbocycles. The fourth-order valence-electron chi connectivity index (χ4n) is 3.95. The molecule has 4 rings (SSSR count). The van der Waals surface area contributed by atoms with Crippen LogP contribution in [0.15, 0.2) is 54.1 Å². The normalized spacial score (nSPS) is 28.9. The zero-order chi connectivity index (χ0) is 19.0. The molecule has 3 unspecified atom stereocenters. The largest absolute Gasteiger partial charge is 0.377 e. The van der Waals surface area contributed by atoms with Crippen molar-refractivity contribution in [1.82, 2.24) is 0 Å². The summed E-state index contributed by atoms with van der Waals surface area (Å²) in [7, 11) is 1.44. The van der Waals surface area contributed by atoms with Gasteiger partial charge in [0.1, 0.15) is 0 Å². The molecule has 1 fully saturated rings. The molecule has 0 bridgehead atoms. The van der Waals surface area contributed by atoms with Gasteiger partial charge in [-0.1, -0.05) is 42.5 Å². The highest BCUT2D eigenvalue weighted by Crippen LogP contribution is 2.42. The Bertz CT molecular complexity index is 892. The SMILES string of the molecule is COC1C(=O)Nc2ccc(/C=C3/CCOC3C)cc2C1(O)c1ccccc1. The summed E-state index contributed by atoms with van der Waals surface area (Å²) in [4.78, 5) is 12.6. The first-order chi connectivity index (χ1) is 13.0. The van der Waals surface area contributed by atoms with Crippen LogP contribution in [0, 0.1) is 0 Å². The van der Waals surface area contributed by atoms with E-state index in [1.54, 1.807) is 0 Å². The highest BCUT2D eigenvalue weighted by atomic mass is 16.5. The van der Waals surface area contributed by atoms with Gasteiger partial charge in [-0.05, 0) is 42.2 Å². The third kappa shape index (κ3) is 2.98. The standard InChI is InChI=1S/C22H23NO4/c1-14-16(10-11-27-14)12-15-8-9-19-18(13-15)22(25,17-6-4-3-5-7-17)20(26-2)21(24)23-19/h3-9,12-14,20,25H,10-11H2,1-2H3,(H,23,24)/b16-12-. The second-order valence-electron chi connectivity index (χ2n) is 7.02. The Balaban J connectivity index is 1.87. The van der Waals surface area contributed by atoms with Crippen LogP contribution in [0.4, 0.5) is 5.69 Å². The number of amides is 1. The van der Waals surface area contributed by atoms with E-state index in [0.29, 0.717) is 16.8 Å². The topological polar surface area (TPSA) is 67.8 Å². The van der Waals surface area contributed by atoms with Gasteiger partial charge in [0.2, 0.25) is 0 Å². The van der Waals surface area contributed by atoms with Gasteiger partial charge in [-0.3, -0.25) is 4.79 Å². The highest BCUT2D eigenvalue weighted by molar-refractivity contribution is 5.99. The Morgan fingerprint density at radius 2 is 2.04 bits per heavy atom. The van der Waals surface area contributed by atoms with E-state index in [2.05, 4.69) is 11.4 Å². The van der Waals surface area contributed by atoms with Crippen LogP contribution in [0.2, 0.25) is 0 Å². The minimum absolute atomic E-state index is 0.0977. The fourth-order valence-corrected chi connectivity index (χ4v) is 3.95. The van der Waals surface area contributed by atoms with Crippen LogP contribution in [-0.2, 0) is 19.9 Å². The maximum atomic E-state index is 12.6. The van der Waals surface area contributed by atoms with Crippen molar-refractivity contribution in [2.75, 3.05) is 19.0 Å². The summed E-state index contributed by atoms with van der Waals surface area (Å²) in [6.45, 7) is 2.77. The van der Waals surface area contributed by atoms with E-state index in [-0.39, 0.29) is 12.0 Å². The Hall–Kier alpha value is -2.47. The van der Waals surface area contributed by atoms with Gasteiger partial charge in [-0.15, -0.1) is 0 Å². The lowest BCUT2D eigenvalue weighted by Gasteiger charge is -2.40. The van der Waals surface area contributed by atoms with Crippen molar-refractivity contribution < 1.29 is 19.4 Å². The van der Waals surface area contributed by atoms with Gasteiger partial charge in [-0.25, -0.2) is 0 Å². The third-order valence-electron chi connectivity index (χ3n) is 5.41. The smallest absolute Gasteiger partial charge is 0.257 e. The lowest BCUT2D eigenvalue weighted by molar-refractivity contribution is -0.142. The number of fused-ring (bicyclic) bond motifs is 1. The van der Waals surface area contributed by atoms with Crippen LogP contribution >= 0.6 is 0 Å². The maximum Gasteiger partial charge on any atom is 0.257 e. The second-order valence-corrected chi connectivity index (χ2v) is 7.02. The first kappa shape index (κ1) is 17.9. The molecule has 2 aromatic carbocycles. The van der Waals surface area contributed by atoms with Crippen LogP contribution < -0.4 is 5.32 Å². The van der Waals surface area contributed by atoms with E-state index in [1.165, 1.54) is 12.7 Å². The minimum Gasteiger partial charge on any atom is -0.377 e. The predicted molar refractivity (Wildman–Crippen MR) is 103 cm³/mol. The van der Waals surface area contributed by atoms with E-state index in [9.17, 15) is 9.90 Å². The molecule has 0 aromatic heterocycles. The number of methoxy groups -OCH3 is 1. The molecule has 2 aliphatic heterocycles. The molecule has 2 N–H and O–H groups in total. The number of anilines is 1. The monoisotopic (exact) mass is 365 g/mol. The van der Waals surface area contributed by atoms with E-state index in [4.69, 9.17) is 9.47 Å². The van der Waals surface area contributed by atoms with Crippen LogP contribution in [0.1, 0.15) is 30.0 Å². The Morgan fingerprint density at radius 1 is 1.26 bits per heavy atom. The predicted octanol–water partition coefficient (Wildman–Crippen LogP) is 3.08. The van der Waals surface area contributed by atoms with Gasteiger partial charge in [0.25, 0.3) is 5.91 Å². The molecule has 5 nitrogen and oxygen atoms in total. The van der Waals surface area contributed by atoms with Crippen LogP contribution in [0.25, 0.3) is 6.08 Å². The number of hydrogen-bond donors (Lipinski definition) is 2. The third-order valence-corrected chi connectivity index (χ3v) is 5.41. The summed E-state index contributed by atoms with van der Waals surface area (Å²) in [5.41, 5.74) is 2.46. The second kappa shape index (κ2) is 6.93. The summed E-state index contributed by atoms with van der Waals surface area (Å²) in [5, 5.41) is 14.6. The van der Waals surface area contributed by atoms with Crippen LogP contribution in [-0.4, -0.2) is 36.9 Å². The molecule has 1 amide bonds. The molecule has 2 aliphatic rings. The number of benzene rings is 2. The van der Waals surface area contributed by atoms with Crippen molar-refractivity contribution in [2.45, 2.75) is 31.2 Å². The average Bonchev–Trinajstić information content (AvgIpc) is 3.08. The number of rotatable bonds is 3. The highest BCUT2D eigenvalue weighted by Gasteiger charge is 2.49. The molecule has 27 heavy (non-hydrogen) atoms. The summed E-state index contributed by atoms with van der Waals surface area (Å²) in [6.07, 6.45) is 2.06. The number of ether oxygens (including phenoxy) is 2. The quantitative estimate of drug-likeness (QED) is 0.877. The first-order valence-corrected chi connectivity index (χ1v) is 9.12. The molecule has 0 aliphatic carbocycles. The first-order valence-electron chi connectivity index (χ1n) is 9.12. The van der Waals surface area contributed by atoms with Crippen LogP contribution in [0.5, 0.6) is 0 Å². The molecule has 0 spiro atoms. The Labute approximate surface area is 158 Å². The zero-order valence-corrected chi connectivity index (χ0v) is 15.4. The molecule has 140 valence electrons. The van der Waals surface area contributed by atoms with E-state index in [0.717, 1.165) is 18.6 Å². The number of carbonyl (C=O) groups excluding carboxylic acids is 1. The van der Waals surface area contributed by atoms with Gasteiger partial charge >= 0.3 is 0 Å². The fraction of sp³-hybridized carbons (Fsp3) is 0.318. The maximum absolute atomic E-state index is 12.6. The number of nitrogens with one attached hydrogen (secondary N) is 1. The summed E-state index contributed by atoms with van der Waals surface area (Å²) in [6, 6.07) is 14.9. The van der Waals surface area contributed by atoms with Crippen molar-refractivity contribution >= 4 is 17.7 Å². The van der Waals surface area contributed by atoms with Gasteiger partial charge in [0, 0.05) is 18.4 Å². The minimum atomic E-state index is -1.57. The number of hydrogen-bond acceptors (Lipinski definition) is 4. The molecule has 3 atom stereocenters.